The molecule has 0 N–H and O–H groups in total. The van der Waals surface area contributed by atoms with Gasteiger partial charge >= 0.3 is 0 Å². The summed E-state index contributed by atoms with van der Waals surface area (Å²) < 4.78 is 10.5. The first-order valence-corrected chi connectivity index (χ1v) is 6.60. The van der Waals surface area contributed by atoms with E-state index < -0.39 is 4.92 Å². The third kappa shape index (κ3) is 3.21. The van der Waals surface area contributed by atoms with E-state index in [0.29, 0.717) is 0 Å². The van der Waals surface area contributed by atoms with Gasteiger partial charge in [0.1, 0.15) is 11.5 Å². The van der Waals surface area contributed by atoms with Crippen molar-refractivity contribution in [2.24, 2.45) is 0 Å². The molecule has 2 aromatic rings. The van der Waals surface area contributed by atoms with Crippen LogP contribution in [0.2, 0.25) is 0 Å². The van der Waals surface area contributed by atoms with E-state index in [1.54, 1.807) is 26.4 Å². The first kappa shape index (κ1) is 14.2. The Kier molecular flexibility index (Phi) is 4.47. The minimum atomic E-state index is -0.416. The lowest BCUT2D eigenvalue weighted by Crippen LogP contribution is -1.89. The molecule has 2 rings (SSSR count). The van der Waals surface area contributed by atoms with Crippen molar-refractivity contribution >= 4 is 17.4 Å². The maximum atomic E-state index is 10.6. The first-order chi connectivity index (χ1) is 9.63. The van der Waals surface area contributed by atoms with E-state index in [2.05, 4.69) is 0 Å². The first-order valence-electron chi connectivity index (χ1n) is 5.78. The molecular weight excluding hydrogens is 278 g/mol. The summed E-state index contributed by atoms with van der Waals surface area (Å²) in [6.45, 7) is 0. The standard InChI is InChI=1S/C14H13NO4S/c1-18-11-5-8-13(19-2)14(9-11)20-12-6-3-10(4-7-12)15(16)17/h3-9H,1-2H3. The molecule has 0 aliphatic rings. The van der Waals surface area contributed by atoms with Gasteiger partial charge in [0.2, 0.25) is 0 Å². The molecule has 0 aliphatic carbocycles. The van der Waals surface area contributed by atoms with Crippen LogP contribution in [0.4, 0.5) is 5.69 Å². The molecule has 0 fully saturated rings. The fourth-order valence-corrected chi connectivity index (χ4v) is 2.58. The zero-order valence-corrected chi connectivity index (χ0v) is 11.8. The Morgan fingerprint density at radius 2 is 1.75 bits per heavy atom. The Morgan fingerprint density at radius 1 is 1.05 bits per heavy atom. The summed E-state index contributed by atoms with van der Waals surface area (Å²) >= 11 is 1.46. The topological polar surface area (TPSA) is 61.6 Å². The molecule has 6 heteroatoms. The van der Waals surface area contributed by atoms with Crippen molar-refractivity contribution in [1.29, 1.82) is 0 Å². The van der Waals surface area contributed by atoms with Crippen LogP contribution < -0.4 is 9.47 Å². The van der Waals surface area contributed by atoms with Gasteiger partial charge in [0.25, 0.3) is 5.69 Å². The Balaban J connectivity index is 2.26. The van der Waals surface area contributed by atoms with Crippen molar-refractivity contribution in [1.82, 2.24) is 0 Å². The van der Waals surface area contributed by atoms with E-state index in [4.69, 9.17) is 9.47 Å². The second-order valence-corrected chi connectivity index (χ2v) is 4.99. The largest absolute Gasteiger partial charge is 0.497 e. The third-order valence-electron chi connectivity index (χ3n) is 2.65. The summed E-state index contributed by atoms with van der Waals surface area (Å²) in [6.07, 6.45) is 0. The number of nitrogens with zero attached hydrogens (tertiary/aromatic N) is 1. The van der Waals surface area contributed by atoms with E-state index in [0.717, 1.165) is 21.3 Å². The molecule has 2 aromatic carbocycles. The smallest absolute Gasteiger partial charge is 0.269 e. The predicted octanol–water partition coefficient (Wildman–Crippen LogP) is 3.76. The molecule has 0 heterocycles. The fraction of sp³-hybridized carbons (Fsp3) is 0.143. The Bertz CT molecular complexity index is 613. The number of nitro benzene ring substituents is 1. The van der Waals surface area contributed by atoms with Crippen LogP contribution >= 0.6 is 11.8 Å². The summed E-state index contributed by atoms with van der Waals surface area (Å²) in [4.78, 5) is 12.0. The highest BCUT2D eigenvalue weighted by atomic mass is 32.2. The summed E-state index contributed by atoms with van der Waals surface area (Å²) in [6, 6.07) is 11.9. The van der Waals surface area contributed by atoms with Gasteiger partial charge < -0.3 is 9.47 Å². The Labute approximate surface area is 120 Å². The van der Waals surface area contributed by atoms with Crippen molar-refractivity contribution < 1.29 is 14.4 Å². The maximum absolute atomic E-state index is 10.6. The molecule has 0 saturated heterocycles. The molecule has 0 spiro atoms. The zero-order chi connectivity index (χ0) is 14.5. The highest BCUT2D eigenvalue weighted by molar-refractivity contribution is 7.99. The number of non-ortho nitro benzene ring substituents is 1. The van der Waals surface area contributed by atoms with Gasteiger partial charge in [0, 0.05) is 17.0 Å². The molecule has 104 valence electrons. The van der Waals surface area contributed by atoms with Gasteiger partial charge in [0.05, 0.1) is 24.0 Å². The van der Waals surface area contributed by atoms with Crippen LogP contribution in [0.15, 0.2) is 52.3 Å². The number of hydrogen-bond donors (Lipinski definition) is 0. The summed E-state index contributed by atoms with van der Waals surface area (Å²) in [7, 11) is 3.20. The quantitative estimate of drug-likeness (QED) is 0.620. The van der Waals surface area contributed by atoms with Crippen molar-refractivity contribution in [2.75, 3.05) is 14.2 Å². The fourth-order valence-electron chi connectivity index (χ4n) is 1.63. The van der Waals surface area contributed by atoms with Crippen molar-refractivity contribution in [3.8, 4) is 11.5 Å². The van der Waals surface area contributed by atoms with E-state index in [-0.39, 0.29) is 5.69 Å². The molecule has 20 heavy (non-hydrogen) atoms. The number of hydrogen-bond acceptors (Lipinski definition) is 5. The van der Waals surface area contributed by atoms with Gasteiger partial charge in [-0.05, 0) is 30.3 Å². The van der Waals surface area contributed by atoms with Gasteiger partial charge in [-0.1, -0.05) is 11.8 Å². The molecule has 0 radical (unpaired) electrons. The van der Waals surface area contributed by atoms with Gasteiger partial charge in [-0.2, -0.15) is 0 Å². The van der Waals surface area contributed by atoms with Gasteiger partial charge in [-0.15, -0.1) is 0 Å². The molecule has 0 saturated carbocycles. The van der Waals surface area contributed by atoms with Crippen LogP contribution in [0.1, 0.15) is 0 Å². The minimum Gasteiger partial charge on any atom is -0.497 e. The third-order valence-corrected chi connectivity index (χ3v) is 3.69. The zero-order valence-electron chi connectivity index (χ0n) is 11.0. The van der Waals surface area contributed by atoms with E-state index >= 15 is 0 Å². The van der Waals surface area contributed by atoms with Crippen molar-refractivity contribution in [3.63, 3.8) is 0 Å². The number of rotatable bonds is 5. The van der Waals surface area contributed by atoms with E-state index in [1.165, 1.54) is 23.9 Å². The highest BCUT2D eigenvalue weighted by Crippen LogP contribution is 2.37. The Morgan fingerprint density at radius 3 is 2.30 bits per heavy atom. The molecule has 0 amide bonds. The summed E-state index contributed by atoms with van der Waals surface area (Å²) in [5.74, 6) is 1.46. The average molecular weight is 291 g/mol. The monoisotopic (exact) mass is 291 g/mol. The second-order valence-electron chi connectivity index (χ2n) is 3.87. The van der Waals surface area contributed by atoms with Crippen LogP contribution in [0.5, 0.6) is 11.5 Å². The number of nitro groups is 1. The lowest BCUT2D eigenvalue weighted by Gasteiger charge is -2.09. The minimum absolute atomic E-state index is 0.0759. The summed E-state index contributed by atoms with van der Waals surface area (Å²) in [5.41, 5.74) is 0.0759. The van der Waals surface area contributed by atoms with Crippen molar-refractivity contribution in [3.05, 3.63) is 52.6 Å². The molecule has 0 atom stereocenters. The Hall–Kier alpha value is -2.21. The van der Waals surface area contributed by atoms with Crippen LogP contribution in [0.25, 0.3) is 0 Å². The SMILES string of the molecule is COc1ccc(OC)c(Sc2ccc([N+](=O)[O-])cc2)c1. The van der Waals surface area contributed by atoms with Gasteiger partial charge in [-0.3, -0.25) is 10.1 Å². The molecule has 5 nitrogen and oxygen atoms in total. The molecule has 0 aliphatic heterocycles. The highest BCUT2D eigenvalue weighted by Gasteiger charge is 2.09. The van der Waals surface area contributed by atoms with E-state index in [1.807, 2.05) is 18.2 Å². The molecule has 0 unspecified atom stereocenters. The molecule has 0 bridgehead atoms. The maximum Gasteiger partial charge on any atom is 0.269 e. The van der Waals surface area contributed by atoms with Crippen LogP contribution in [0.3, 0.4) is 0 Å². The van der Waals surface area contributed by atoms with Crippen LogP contribution in [-0.4, -0.2) is 19.1 Å². The normalized spacial score (nSPS) is 10.1. The van der Waals surface area contributed by atoms with Crippen LogP contribution in [0, 0.1) is 10.1 Å². The average Bonchev–Trinajstić information content (AvgIpc) is 2.47. The van der Waals surface area contributed by atoms with E-state index in [9.17, 15) is 10.1 Å². The van der Waals surface area contributed by atoms with Gasteiger partial charge in [0.15, 0.2) is 0 Å². The summed E-state index contributed by atoms with van der Waals surface area (Å²) in [5, 5.41) is 10.6. The second kappa shape index (κ2) is 6.29. The number of benzene rings is 2. The van der Waals surface area contributed by atoms with Gasteiger partial charge in [-0.25, -0.2) is 0 Å². The number of ether oxygens (including phenoxy) is 2. The van der Waals surface area contributed by atoms with Crippen molar-refractivity contribution in [2.45, 2.75) is 9.79 Å². The van der Waals surface area contributed by atoms with Crippen LogP contribution in [-0.2, 0) is 0 Å². The number of methoxy groups -OCH3 is 2. The molecular formula is C14H13NO4S. The molecule has 0 aromatic heterocycles. The lowest BCUT2D eigenvalue weighted by molar-refractivity contribution is -0.384. The lowest BCUT2D eigenvalue weighted by atomic mass is 10.3. The predicted molar refractivity (Wildman–Crippen MR) is 76.8 cm³/mol.